The molecule has 1 atom stereocenters. The smallest absolute Gasteiger partial charge is 0.265 e. The minimum Gasteiger partial charge on any atom is -0.481 e. The van der Waals surface area contributed by atoms with Gasteiger partial charge in [-0.1, -0.05) is 32.9 Å². The summed E-state index contributed by atoms with van der Waals surface area (Å²) in [6.45, 7) is 8.20. The number of carbonyl (C=O) groups is 1. The molecular formula is C19H24N2O2. The lowest BCUT2D eigenvalue weighted by molar-refractivity contribution is -0.122. The van der Waals surface area contributed by atoms with E-state index in [1.807, 2.05) is 24.3 Å². The van der Waals surface area contributed by atoms with Crippen LogP contribution in [0.1, 0.15) is 33.3 Å². The Labute approximate surface area is 137 Å². The zero-order chi connectivity index (χ0) is 17.0. The van der Waals surface area contributed by atoms with Crippen molar-refractivity contribution in [1.82, 2.24) is 0 Å². The highest BCUT2D eigenvalue weighted by Gasteiger charge is 2.16. The molecule has 4 nitrogen and oxygen atoms in total. The van der Waals surface area contributed by atoms with Crippen LogP contribution in [0.3, 0.4) is 0 Å². The maximum Gasteiger partial charge on any atom is 0.265 e. The summed E-state index contributed by atoms with van der Waals surface area (Å²) in [5, 5.41) is 2.81. The summed E-state index contributed by atoms with van der Waals surface area (Å²) < 4.78 is 5.70. The van der Waals surface area contributed by atoms with Gasteiger partial charge in [0, 0.05) is 11.4 Å². The van der Waals surface area contributed by atoms with Gasteiger partial charge in [0.25, 0.3) is 5.91 Å². The van der Waals surface area contributed by atoms with Gasteiger partial charge in [-0.05, 0) is 54.3 Å². The predicted octanol–water partition coefficient (Wildman–Crippen LogP) is 3.97. The van der Waals surface area contributed by atoms with Crippen molar-refractivity contribution in [3.05, 3.63) is 54.1 Å². The standard InChI is InChI=1S/C19H24N2O2/c1-13(18(22)21-16-9-7-15(20)8-10-16)23-17-11-5-14(6-12-17)19(2,3)4/h5-13H,20H2,1-4H3,(H,21,22)/t13-/m0/s1. The fourth-order valence-electron chi connectivity index (χ4n) is 2.10. The summed E-state index contributed by atoms with van der Waals surface area (Å²) in [5.74, 6) is 0.479. The number of carbonyl (C=O) groups excluding carboxylic acids is 1. The number of ether oxygens (including phenoxy) is 1. The Morgan fingerprint density at radius 1 is 1.04 bits per heavy atom. The third kappa shape index (κ3) is 4.74. The minimum atomic E-state index is -0.590. The molecule has 0 saturated carbocycles. The van der Waals surface area contributed by atoms with Crippen LogP contribution in [0.25, 0.3) is 0 Å². The van der Waals surface area contributed by atoms with E-state index in [-0.39, 0.29) is 11.3 Å². The summed E-state index contributed by atoms with van der Waals surface area (Å²) >= 11 is 0. The van der Waals surface area contributed by atoms with Crippen LogP contribution in [0, 0.1) is 0 Å². The van der Waals surface area contributed by atoms with Crippen molar-refractivity contribution in [2.24, 2.45) is 0 Å². The molecule has 2 rings (SSSR count). The van der Waals surface area contributed by atoms with Crippen molar-refractivity contribution in [2.45, 2.75) is 39.2 Å². The predicted molar refractivity (Wildman–Crippen MR) is 94.7 cm³/mol. The second-order valence-corrected chi connectivity index (χ2v) is 6.65. The van der Waals surface area contributed by atoms with Crippen LogP contribution >= 0.6 is 0 Å². The molecule has 0 unspecified atom stereocenters. The molecule has 2 aromatic carbocycles. The zero-order valence-corrected chi connectivity index (χ0v) is 14.1. The van der Waals surface area contributed by atoms with E-state index in [4.69, 9.17) is 10.5 Å². The van der Waals surface area contributed by atoms with Crippen LogP contribution in [-0.2, 0) is 10.2 Å². The number of nitrogens with one attached hydrogen (secondary N) is 1. The van der Waals surface area contributed by atoms with Crippen molar-refractivity contribution in [3.63, 3.8) is 0 Å². The van der Waals surface area contributed by atoms with Crippen molar-refractivity contribution in [2.75, 3.05) is 11.1 Å². The highest BCUT2D eigenvalue weighted by Crippen LogP contribution is 2.24. The van der Waals surface area contributed by atoms with E-state index in [1.165, 1.54) is 5.56 Å². The quantitative estimate of drug-likeness (QED) is 0.840. The Bertz CT molecular complexity index is 655. The molecule has 2 aromatic rings. The van der Waals surface area contributed by atoms with Crippen LogP contribution < -0.4 is 15.8 Å². The summed E-state index contributed by atoms with van der Waals surface area (Å²) in [5.41, 5.74) is 8.30. The molecule has 0 saturated heterocycles. The topological polar surface area (TPSA) is 64.3 Å². The second kappa shape index (κ2) is 6.73. The third-order valence-electron chi connectivity index (χ3n) is 3.58. The lowest BCUT2D eigenvalue weighted by Crippen LogP contribution is -2.30. The van der Waals surface area contributed by atoms with Crippen LogP contribution in [0.15, 0.2) is 48.5 Å². The van der Waals surface area contributed by atoms with Gasteiger partial charge in [0.2, 0.25) is 0 Å². The Morgan fingerprint density at radius 2 is 1.61 bits per heavy atom. The first-order valence-corrected chi connectivity index (χ1v) is 7.69. The largest absolute Gasteiger partial charge is 0.481 e. The van der Waals surface area contributed by atoms with Gasteiger partial charge < -0.3 is 15.8 Å². The SMILES string of the molecule is C[C@H](Oc1ccc(C(C)(C)C)cc1)C(=O)Nc1ccc(N)cc1. The Hall–Kier alpha value is -2.49. The van der Waals surface area contributed by atoms with Gasteiger partial charge in [0.1, 0.15) is 5.75 Å². The molecule has 1 amide bonds. The van der Waals surface area contributed by atoms with E-state index in [0.29, 0.717) is 17.1 Å². The third-order valence-corrected chi connectivity index (χ3v) is 3.58. The number of nitrogen functional groups attached to an aromatic ring is 1. The van der Waals surface area contributed by atoms with Crippen LogP contribution in [-0.4, -0.2) is 12.0 Å². The van der Waals surface area contributed by atoms with Gasteiger partial charge in [-0.25, -0.2) is 0 Å². The number of hydrogen-bond acceptors (Lipinski definition) is 3. The summed E-state index contributed by atoms with van der Waals surface area (Å²) in [4.78, 5) is 12.2. The average molecular weight is 312 g/mol. The average Bonchev–Trinajstić information content (AvgIpc) is 2.49. The van der Waals surface area contributed by atoms with Crippen LogP contribution in [0.2, 0.25) is 0 Å². The van der Waals surface area contributed by atoms with Gasteiger partial charge in [-0.15, -0.1) is 0 Å². The second-order valence-electron chi connectivity index (χ2n) is 6.65. The van der Waals surface area contributed by atoms with E-state index < -0.39 is 6.10 Å². The van der Waals surface area contributed by atoms with E-state index >= 15 is 0 Å². The molecule has 3 N–H and O–H groups in total. The fourth-order valence-corrected chi connectivity index (χ4v) is 2.10. The Morgan fingerprint density at radius 3 is 2.13 bits per heavy atom. The monoisotopic (exact) mass is 312 g/mol. The molecular weight excluding hydrogens is 288 g/mol. The Balaban J connectivity index is 1.96. The van der Waals surface area contributed by atoms with Crippen molar-refractivity contribution in [3.8, 4) is 5.75 Å². The number of nitrogens with two attached hydrogens (primary N) is 1. The van der Waals surface area contributed by atoms with E-state index in [9.17, 15) is 4.79 Å². The lowest BCUT2D eigenvalue weighted by atomic mass is 9.87. The number of benzene rings is 2. The number of amides is 1. The molecule has 122 valence electrons. The molecule has 0 heterocycles. The molecule has 0 fully saturated rings. The first-order chi connectivity index (χ1) is 10.8. The maximum absolute atomic E-state index is 12.2. The first kappa shape index (κ1) is 16.9. The zero-order valence-electron chi connectivity index (χ0n) is 14.1. The maximum atomic E-state index is 12.2. The normalized spacial score (nSPS) is 12.5. The van der Waals surface area contributed by atoms with Crippen molar-refractivity contribution < 1.29 is 9.53 Å². The van der Waals surface area contributed by atoms with E-state index in [1.54, 1.807) is 31.2 Å². The van der Waals surface area contributed by atoms with Crippen LogP contribution in [0.4, 0.5) is 11.4 Å². The molecule has 23 heavy (non-hydrogen) atoms. The van der Waals surface area contributed by atoms with E-state index in [0.717, 1.165) is 0 Å². The van der Waals surface area contributed by atoms with Crippen molar-refractivity contribution in [1.29, 1.82) is 0 Å². The molecule has 0 aliphatic heterocycles. The summed E-state index contributed by atoms with van der Waals surface area (Å²) in [6.07, 6.45) is -0.590. The first-order valence-electron chi connectivity index (χ1n) is 7.69. The van der Waals surface area contributed by atoms with Crippen LogP contribution in [0.5, 0.6) is 5.75 Å². The summed E-state index contributed by atoms with van der Waals surface area (Å²) in [6, 6.07) is 14.9. The summed E-state index contributed by atoms with van der Waals surface area (Å²) in [7, 11) is 0. The molecule has 4 heteroatoms. The highest BCUT2D eigenvalue weighted by atomic mass is 16.5. The lowest BCUT2D eigenvalue weighted by Gasteiger charge is -2.20. The Kier molecular flexibility index (Phi) is 4.94. The fraction of sp³-hybridized carbons (Fsp3) is 0.316. The minimum absolute atomic E-state index is 0.0939. The molecule has 0 spiro atoms. The van der Waals surface area contributed by atoms with Gasteiger partial charge in [-0.2, -0.15) is 0 Å². The number of rotatable bonds is 4. The molecule has 0 aromatic heterocycles. The highest BCUT2D eigenvalue weighted by molar-refractivity contribution is 5.94. The van der Waals surface area contributed by atoms with Gasteiger partial charge in [-0.3, -0.25) is 4.79 Å². The van der Waals surface area contributed by atoms with Crippen molar-refractivity contribution >= 4 is 17.3 Å². The molecule has 0 bridgehead atoms. The molecule has 0 radical (unpaired) electrons. The van der Waals surface area contributed by atoms with Gasteiger partial charge in [0.05, 0.1) is 0 Å². The van der Waals surface area contributed by atoms with Gasteiger partial charge >= 0.3 is 0 Å². The molecule has 0 aliphatic carbocycles. The number of hydrogen-bond donors (Lipinski definition) is 2. The molecule has 0 aliphatic rings. The van der Waals surface area contributed by atoms with Gasteiger partial charge in [0.15, 0.2) is 6.10 Å². The number of anilines is 2. The van der Waals surface area contributed by atoms with E-state index in [2.05, 4.69) is 26.1 Å².